The Morgan fingerprint density at radius 3 is 2.88 bits per heavy atom. The van der Waals surface area contributed by atoms with Gasteiger partial charge in [-0.05, 0) is 24.1 Å². The van der Waals surface area contributed by atoms with Crippen LogP contribution in [0.4, 0.5) is 4.79 Å². The van der Waals surface area contributed by atoms with Gasteiger partial charge in [0.2, 0.25) is 18.6 Å². The number of imide groups is 1. The molecule has 0 aromatic heterocycles. The number of nitrogens with zero attached hydrogens (tertiary/aromatic N) is 2. The number of fused-ring (bicyclic) bond motifs is 1. The van der Waals surface area contributed by atoms with Gasteiger partial charge in [0.15, 0.2) is 11.5 Å². The van der Waals surface area contributed by atoms with Crippen molar-refractivity contribution in [3.05, 3.63) is 23.8 Å². The van der Waals surface area contributed by atoms with E-state index in [1.54, 1.807) is 11.0 Å². The van der Waals surface area contributed by atoms with Gasteiger partial charge < -0.3 is 14.4 Å². The Labute approximate surface area is 142 Å². The predicted octanol–water partition coefficient (Wildman–Crippen LogP) is 1.25. The maximum atomic E-state index is 12.5. The molecule has 1 atom stereocenters. The zero-order valence-electron chi connectivity index (χ0n) is 12.9. The number of carbonyl (C=O) groups excluding carboxylic acids is 3. The molecule has 0 radical (unpaired) electrons. The second-order valence-electron chi connectivity index (χ2n) is 5.96. The van der Waals surface area contributed by atoms with Crippen molar-refractivity contribution >= 4 is 28.8 Å². The fourth-order valence-electron chi connectivity index (χ4n) is 3.23. The van der Waals surface area contributed by atoms with E-state index in [4.69, 9.17) is 9.47 Å². The summed E-state index contributed by atoms with van der Waals surface area (Å²) in [5.74, 6) is 1.39. The van der Waals surface area contributed by atoms with Crippen molar-refractivity contribution in [1.29, 1.82) is 0 Å². The largest absolute Gasteiger partial charge is 0.454 e. The van der Waals surface area contributed by atoms with E-state index in [2.05, 4.69) is 0 Å². The maximum Gasteiger partial charge on any atom is 0.289 e. The minimum atomic E-state index is -0.199. The lowest BCUT2D eigenvalue weighted by Crippen LogP contribution is -2.41. The highest BCUT2D eigenvalue weighted by Gasteiger charge is 2.40. The molecule has 1 aromatic carbocycles. The molecule has 0 aliphatic carbocycles. The molecule has 8 heteroatoms. The molecule has 7 nitrogen and oxygen atoms in total. The molecule has 126 valence electrons. The summed E-state index contributed by atoms with van der Waals surface area (Å²) >= 11 is 1.03. The summed E-state index contributed by atoms with van der Waals surface area (Å²) in [6, 6.07) is 5.28. The second kappa shape index (κ2) is 6.01. The first-order valence-electron chi connectivity index (χ1n) is 7.77. The smallest absolute Gasteiger partial charge is 0.289 e. The summed E-state index contributed by atoms with van der Waals surface area (Å²) in [6.45, 7) is 1.19. The molecule has 1 aromatic rings. The lowest BCUT2D eigenvalue weighted by molar-refractivity contribution is -0.131. The van der Waals surface area contributed by atoms with Crippen LogP contribution in [-0.2, 0) is 16.0 Å². The number of benzene rings is 1. The van der Waals surface area contributed by atoms with Gasteiger partial charge in [-0.3, -0.25) is 19.3 Å². The molecular formula is C16H16N2O5S. The molecule has 2 fully saturated rings. The third kappa shape index (κ3) is 2.71. The molecule has 2 saturated heterocycles. The highest BCUT2D eigenvalue weighted by Crippen LogP contribution is 2.33. The van der Waals surface area contributed by atoms with Crippen molar-refractivity contribution in [2.24, 2.45) is 0 Å². The van der Waals surface area contributed by atoms with E-state index in [9.17, 15) is 14.4 Å². The van der Waals surface area contributed by atoms with Crippen LogP contribution in [-0.4, -0.2) is 58.5 Å². The molecule has 3 aliphatic heterocycles. The number of carbonyl (C=O) groups is 3. The van der Waals surface area contributed by atoms with E-state index in [0.717, 1.165) is 17.3 Å². The number of hydrogen-bond donors (Lipinski definition) is 0. The SMILES string of the molecule is O=C(Cc1ccc2c(c1)OCO2)N1CCC(N2C(=O)CSC2=O)C1. The molecule has 1 unspecified atom stereocenters. The van der Waals surface area contributed by atoms with Crippen LogP contribution in [0.3, 0.4) is 0 Å². The van der Waals surface area contributed by atoms with E-state index in [1.165, 1.54) is 4.90 Å². The Kier molecular flexibility index (Phi) is 3.84. The Balaban J connectivity index is 1.39. The number of amides is 3. The molecule has 3 heterocycles. The zero-order valence-corrected chi connectivity index (χ0v) is 13.7. The molecule has 4 rings (SSSR count). The Morgan fingerprint density at radius 2 is 2.08 bits per heavy atom. The van der Waals surface area contributed by atoms with Crippen LogP contribution in [0, 0.1) is 0 Å². The highest BCUT2D eigenvalue weighted by molar-refractivity contribution is 8.14. The first-order chi connectivity index (χ1) is 11.6. The molecule has 24 heavy (non-hydrogen) atoms. The summed E-state index contributed by atoms with van der Waals surface area (Å²) < 4.78 is 10.6. The predicted molar refractivity (Wildman–Crippen MR) is 86.0 cm³/mol. The van der Waals surface area contributed by atoms with Crippen molar-refractivity contribution < 1.29 is 23.9 Å². The molecule has 0 N–H and O–H groups in total. The van der Waals surface area contributed by atoms with Crippen LogP contribution in [0.25, 0.3) is 0 Å². The summed E-state index contributed by atoms with van der Waals surface area (Å²) in [5, 5.41) is -0.199. The van der Waals surface area contributed by atoms with Crippen molar-refractivity contribution in [3.8, 4) is 11.5 Å². The van der Waals surface area contributed by atoms with E-state index < -0.39 is 0 Å². The lowest BCUT2D eigenvalue weighted by atomic mass is 10.1. The fourth-order valence-corrected chi connectivity index (χ4v) is 4.01. The van der Waals surface area contributed by atoms with Crippen LogP contribution >= 0.6 is 11.8 Å². The monoisotopic (exact) mass is 348 g/mol. The topological polar surface area (TPSA) is 76.2 Å². The van der Waals surface area contributed by atoms with E-state index in [-0.39, 0.29) is 42.1 Å². The van der Waals surface area contributed by atoms with E-state index in [0.29, 0.717) is 31.0 Å². The van der Waals surface area contributed by atoms with Gasteiger partial charge in [-0.15, -0.1) is 0 Å². The molecule has 0 bridgehead atoms. The van der Waals surface area contributed by atoms with Crippen molar-refractivity contribution in [3.63, 3.8) is 0 Å². The third-order valence-electron chi connectivity index (χ3n) is 4.46. The number of rotatable bonds is 3. The van der Waals surface area contributed by atoms with Crippen molar-refractivity contribution in [1.82, 2.24) is 9.80 Å². The van der Waals surface area contributed by atoms with Crippen LogP contribution in [0.1, 0.15) is 12.0 Å². The Morgan fingerprint density at radius 1 is 1.25 bits per heavy atom. The van der Waals surface area contributed by atoms with Crippen LogP contribution in [0.5, 0.6) is 11.5 Å². The first kappa shape index (κ1) is 15.3. The van der Waals surface area contributed by atoms with Gasteiger partial charge in [0.1, 0.15) is 0 Å². The van der Waals surface area contributed by atoms with Gasteiger partial charge in [0.05, 0.1) is 18.2 Å². The van der Waals surface area contributed by atoms with Gasteiger partial charge in [0, 0.05) is 13.1 Å². The number of likely N-dealkylation sites (tertiary alicyclic amines) is 1. The third-order valence-corrected chi connectivity index (χ3v) is 5.29. The normalized spacial score (nSPS) is 22.6. The average molecular weight is 348 g/mol. The zero-order chi connectivity index (χ0) is 16.7. The van der Waals surface area contributed by atoms with Crippen LogP contribution in [0.15, 0.2) is 18.2 Å². The molecular weight excluding hydrogens is 332 g/mol. The quantitative estimate of drug-likeness (QED) is 0.818. The minimum Gasteiger partial charge on any atom is -0.454 e. The fraction of sp³-hybridized carbons (Fsp3) is 0.438. The molecule has 0 spiro atoms. The van der Waals surface area contributed by atoms with Crippen LogP contribution in [0.2, 0.25) is 0 Å². The molecule has 0 saturated carbocycles. The van der Waals surface area contributed by atoms with Gasteiger partial charge >= 0.3 is 0 Å². The maximum absolute atomic E-state index is 12.5. The van der Waals surface area contributed by atoms with Crippen molar-refractivity contribution in [2.45, 2.75) is 18.9 Å². The number of ether oxygens (including phenoxy) is 2. The minimum absolute atomic E-state index is 0.0110. The van der Waals surface area contributed by atoms with Gasteiger partial charge in [-0.2, -0.15) is 0 Å². The Bertz CT molecular complexity index is 706. The number of thioether (sulfide) groups is 1. The summed E-state index contributed by atoms with van der Waals surface area (Å²) in [7, 11) is 0. The average Bonchev–Trinajstić information content (AvgIpc) is 3.27. The van der Waals surface area contributed by atoms with Gasteiger partial charge in [-0.25, -0.2) is 0 Å². The van der Waals surface area contributed by atoms with Gasteiger partial charge in [0.25, 0.3) is 5.24 Å². The summed E-state index contributed by atoms with van der Waals surface area (Å²) in [4.78, 5) is 39.1. The van der Waals surface area contributed by atoms with Crippen LogP contribution < -0.4 is 9.47 Å². The Hall–Kier alpha value is -2.22. The second-order valence-corrected chi connectivity index (χ2v) is 6.89. The van der Waals surface area contributed by atoms with Gasteiger partial charge in [-0.1, -0.05) is 17.8 Å². The lowest BCUT2D eigenvalue weighted by Gasteiger charge is -2.22. The van der Waals surface area contributed by atoms with E-state index >= 15 is 0 Å². The summed E-state index contributed by atoms with van der Waals surface area (Å²) in [5.41, 5.74) is 0.858. The van der Waals surface area contributed by atoms with Crippen molar-refractivity contribution in [2.75, 3.05) is 25.6 Å². The molecule has 3 amide bonds. The molecule has 3 aliphatic rings. The highest BCUT2D eigenvalue weighted by atomic mass is 32.2. The summed E-state index contributed by atoms with van der Waals surface area (Å²) in [6.07, 6.45) is 0.908. The van der Waals surface area contributed by atoms with E-state index in [1.807, 2.05) is 12.1 Å². The number of hydrogen-bond acceptors (Lipinski definition) is 6. The first-order valence-corrected chi connectivity index (χ1v) is 8.75. The standard InChI is InChI=1S/C16H16N2O5S/c19-14(6-10-1-2-12-13(5-10)23-9-22-12)17-4-3-11(7-17)18-15(20)8-24-16(18)21/h1-2,5,11H,3-4,6-9H2.